The van der Waals surface area contributed by atoms with E-state index in [1.165, 1.54) is 18.2 Å². The molecule has 4 nitrogen and oxygen atoms in total. The average Bonchev–Trinajstić information content (AvgIpc) is 2.90. The smallest absolute Gasteiger partial charge is 0.280 e. The van der Waals surface area contributed by atoms with Crippen LogP contribution in [0.1, 0.15) is 30.1 Å². The van der Waals surface area contributed by atoms with E-state index in [-0.39, 0.29) is 17.5 Å². The maximum atomic E-state index is 13.8. The van der Waals surface area contributed by atoms with Crippen LogP contribution in [0, 0.1) is 11.6 Å². The first-order valence-electron chi connectivity index (χ1n) is 7.35. The second-order valence-electron chi connectivity index (χ2n) is 5.91. The maximum Gasteiger partial charge on any atom is 0.280 e. The van der Waals surface area contributed by atoms with Crippen LogP contribution in [-0.2, 0) is 6.42 Å². The van der Waals surface area contributed by atoms with Crippen LogP contribution in [0.5, 0.6) is 0 Å². The normalized spacial score (nSPS) is 22.9. The van der Waals surface area contributed by atoms with Crippen molar-refractivity contribution in [2.45, 2.75) is 31.2 Å². The number of likely N-dealkylation sites (N-methyl/N-ethyl adjacent to an activating group) is 1. The Balaban J connectivity index is 1.75. The molecule has 2 aromatic rings. The van der Waals surface area contributed by atoms with Crippen molar-refractivity contribution in [1.82, 2.24) is 10.1 Å². The van der Waals surface area contributed by atoms with Gasteiger partial charge in [0, 0.05) is 24.1 Å². The predicted octanol–water partition coefficient (Wildman–Crippen LogP) is 2.67. The van der Waals surface area contributed by atoms with Crippen LogP contribution in [0.3, 0.4) is 0 Å². The molecule has 22 heavy (non-hydrogen) atoms. The fourth-order valence-electron chi connectivity index (χ4n) is 3.11. The lowest BCUT2D eigenvalue weighted by Gasteiger charge is -2.36. The van der Waals surface area contributed by atoms with E-state index < -0.39 is 11.6 Å². The Hall–Kier alpha value is -1.95. The standard InChI is InChI=1S/C16H18F2N2O2/c1-20-5-4-11(15-9-16(21)19-22-15)7-13(20)6-10-2-3-12(17)8-14(10)18/h2-3,8-9,11,13H,4-7H2,1H3,(H,19,21)/t11-,13-/m0/s1. The highest BCUT2D eigenvalue weighted by atomic mass is 19.1. The van der Waals surface area contributed by atoms with Crippen molar-refractivity contribution in [3.05, 3.63) is 57.6 Å². The molecular weight excluding hydrogens is 290 g/mol. The number of aromatic amines is 1. The van der Waals surface area contributed by atoms with Crippen molar-refractivity contribution in [3.8, 4) is 0 Å². The summed E-state index contributed by atoms with van der Waals surface area (Å²) in [5.41, 5.74) is 0.268. The molecular formula is C16H18F2N2O2. The highest BCUT2D eigenvalue weighted by molar-refractivity contribution is 5.20. The summed E-state index contributed by atoms with van der Waals surface area (Å²) in [6.07, 6.45) is 2.17. The van der Waals surface area contributed by atoms with Gasteiger partial charge < -0.3 is 9.42 Å². The second-order valence-corrected chi connectivity index (χ2v) is 5.91. The largest absolute Gasteiger partial charge is 0.383 e. The van der Waals surface area contributed by atoms with Gasteiger partial charge in [0.1, 0.15) is 17.4 Å². The van der Waals surface area contributed by atoms with Crippen molar-refractivity contribution in [1.29, 1.82) is 0 Å². The minimum Gasteiger partial charge on any atom is -0.383 e. The number of nitrogens with one attached hydrogen (secondary N) is 1. The van der Waals surface area contributed by atoms with Gasteiger partial charge in [-0.1, -0.05) is 6.07 Å². The van der Waals surface area contributed by atoms with Crippen LogP contribution in [0.25, 0.3) is 0 Å². The second kappa shape index (κ2) is 6.04. The summed E-state index contributed by atoms with van der Waals surface area (Å²) in [5.74, 6) is -0.278. The lowest BCUT2D eigenvalue weighted by Crippen LogP contribution is -2.40. The summed E-state index contributed by atoms with van der Waals surface area (Å²) in [6, 6.07) is 5.30. The number of hydrogen-bond donors (Lipinski definition) is 1. The van der Waals surface area contributed by atoms with Gasteiger partial charge in [0.15, 0.2) is 0 Å². The monoisotopic (exact) mass is 308 g/mol. The molecule has 2 atom stereocenters. The van der Waals surface area contributed by atoms with E-state index >= 15 is 0 Å². The SMILES string of the molecule is CN1CC[C@H](c2cc(=O)[nH]o2)C[C@@H]1Cc1ccc(F)cc1F. The molecule has 1 aromatic carbocycles. The molecule has 118 valence electrons. The molecule has 1 aromatic heterocycles. The summed E-state index contributed by atoms with van der Waals surface area (Å²) in [6.45, 7) is 0.840. The van der Waals surface area contributed by atoms with E-state index in [0.717, 1.165) is 25.5 Å². The molecule has 6 heteroatoms. The van der Waals surface area contributed by atoms with Gasteiger partial charge in [-0.05, 0) is 44.5 Å². The van der Waals surface area contributed by atoms with Gasteiger partial charge in [0.05, 0.1) is 0 Å². The quantitative estimate of drug-likeness (QED) is 0.948. The first-order chi connectivity index (χ1) is 10.5. The molecule has 1 aliphatic rings. The first-order valence-corrected chi connectivity index (χ1v) is 7.35. The number of aromatic nitrogens is 1. The Bertz CT molecular complexity index is 710. The van der Waals surface area contributed by atoms with E-state index in [9.17, 15) is 13.6 Å². The van der Waals surface area contributed by atoms with Gasteiger partial charge in [-0.15, -0.1) is 0 Å². The Morgan fingerprint density at radius 3 is 2.86 bits per heavy atom. The van der Waals surface area contributed by atoms with Crippen molar-refractivity contribution in [3.63, 3.8) is 0 Å². The molecule has 0 saturated carbocycles. The van der Waals surface area contributed by atoms with Crippen LogP contribution < -0.4 is 5.56 Å². The van der Waals surface area contributed by atoms with Gasteiger partial charge in [-0.3, -0.25) is 4.79 Å². The van der Waals surface area contributed by atoms with E-state index in [4.69, 9.17) is 4.52 Å². The van der Waals surface area contributed by atoms with Gasteiger partial charge in [-0.2, -0.15) is 5.16 Å². The van der Waals surface area contributed by atoms with E-state index in [1.807, 2.05) is 7.05 Å². The fraction of sp³-hybridized carbons (Fsp3) is 0.438. The van der Waals surface area contributed by atoms with Crippen LogP contribution in [0.4, 0.5) is 8.78 Å². The number of halogens is 2. The summed E-state index contributed by atoms with van der Waals surface area (Å²) in [7, 11) is 2.00. The zero-order chi connectivity index (χ0) is 15.7. The number of hydrogen-bond acceptors (Lipinski definition) is 3. The third kappa shape index (κ3) is 3.11. The number of benzene rings is 1. The van der Waals surface area contributed by atoms with Crippen LogP contribution in [0.2, 0.25) is 0 Å². The summed E-state index contributed by atoms with van der Waals surface area (Å²) in [4.78, 5) is 13.4. The molecule has 0 bridgehead atoms. The van der Waals surface area contributed by atoms with Crippen LogP contribution in [-0.4, -0.2) is 29.7 Å². The van der Waals surface area contributed by atoms with E-state index in [2.05, 4.69) is 10.1 Å². The minimum absolute atomic E-state index is 0.124. The number of nitrogens with zero attached hydrogens (tertiary/aromatic N) is 1. The molecule has 1 saturated heterocycles. The van der Waals surface area contributed by atoms with Crippen molar-refractivity contribution >= 4 is 0 Å². The zero-order valence-electron chi connectivity index (χ0n) is 12.3. The molecule has 0 amide bonds. The molecule has 1 fully saturated rings. The molecule has 2 heterocycles. The average molecular weight is 308 g/mol. The van der Waals surface area contributed by atoms with Gasteiger partial charge >= 0.3 is 0 Å². The van der Waals surface area contributed by atoms with Gasteiger partial charge in [0.2, 0.25) is 0 Å². The Morgan fingerprint density at radius 2 is 2.18 bits per heavy atom. The molecule has 3 rings (SSSR count). The number of rotatable bonds is 3. The number of piperidine rings is 1. The topological polar surface area (TPSA) is 49.2 Å². The number of likely N-dealkylation sites (tertiary alicyclic amines) is 1. The lowest BCUT2D eigenvalue weighted by atomic mass is 9.86. The van der Waals surface area contributed by atoms with Gasteiger partial charge in [-0.25, -0.2) is 8.78 Å². The predicted molar refractivity (Wildman–Crippen MR) is 77.8 cm³/mol. The van der Waals surface area contributed by atoms with E-state index in [1.54, 1.807) is 0 Å². The Kier molecular flexibility index (Phi) is 4.11. The van der Waals surface area contributed by atoms with Crippen LogP contribution in [0.15, 0.2) is 33.6 Å². The summed E-state index contributed by atoms with van der Waals surface area (Å²) >= 11 is 0. The summed E-state index contributed by atoms with van der Waals surface area (Å²) in [5, 5.41) is 2.31. The van der Waals surface area contributed by atoms with E-state index in [0.29, 0.717) is 17.7 Å². The van der Waals surface area contributed by atoms with Gasteiger partial charge in [0.25, 0.3) is 5.56 Å². The number of H-pyrrole nitrogens is 1. The molecule has 0 unspecified atom stereocenters. The highest BCUT2D eigenvalue weighted by Crippen LogP contribution is 2.32. The highest BCUT2D eigenvalue weighted by Gasteiger charge is 2.29. The Labute approximate surface area is 126 Å². The van der Waals surface area contributed by atoms with Crippen molar-refractivity contribution in [2.24, 2.45) is 0 Å². The Morgan fingerprint density at radius 1 is 1.36 bits per heavy atom. The lowest BCUT2D eigenvalue weighted by molar-refractivity contribution is 0.155. The third-order valence-electron chi connectivity index (χ3n) is 4.43. The first kappa shape index (κ1) is 15.0. The van der Waals surface area contributed by atoms with Crippen LogP contribution >= 0.6 is 0 Å². The maximum absolute atomic E-state index is 13.8. The molecule has 1 aliphatic heterocycles. The molecule has 1 N–H and O–H groups in total. The third-order valence-corrected chi connectivity index (χ3v) is 4.43. The molecule has 0 spiro atoms. The molecule has 0 aliphatic carbocycles. The van der Waals surface area contributed by atoms with Crippen molar-refractivity contribution in [2.75, 3.05) is 13.6 Å². The molecule has 0 radical (unpaired) electrons. The zero-order valence-corrected chi connectivity index (χ0v) is 12.3. The summed E-state index contributed by atoms with van der Waals surface area (Å²) < 4.78 is 32.0. The van der Waals surface area contributed by atoms with Crippen molar-refractivity contribution < 1.29 is 13.3 Å². The fourth-order valence-corrected chi connectivity index (χ4v) is 3.11. The minimum atomic E-state index is -0.565.